The maximum Gasteiger partial charge on any atom is 0.416 e. The van der Waals surface area contributed by atoms with E-state index >= 15 is 0 Å². The molecule has 8 nitrogen and oxygen atoms in total. The van der Waals surface area contributed by atoms with Crippen LogP contribution in [0.2, 0.25) is 0 Å². The largest absolute Gasteiger partial charge is 0.495 e. The van der Waals surface area contributed by atoms with Gasteiger partial charge in [-0.05, 0) is 18.2 Å². The summed E-state index contributed by atoms with van der Waals surface area (Å²) in [5, 5.41) is 1.21. The van der Waals surface area contributed by atoms with Gasteiger partial charge in [-0.1, -0.05) is 0 Å². The molecule has 2 aliphatic heterocycles. The molecule has 4 heterocycles. The van der Waals surface area contributed by atoms with Crippen LogP contribution in [0.15, 0.2) is 40.8 Å². The predicted octanol–water partition coefficient (Wildman–Crippen LogP) is 4.54. The van der Waals surface area contributed by atoms with Crippen molar-refractivity contribution in [1.29, 1.82) is 0 Å². The molecule has 0 bridgehead atoms. The molecule has 190 valence electrons. The quantitative estimate of drug-likeness (QED) is 0.466. The Balaban J connectivity index is 1.48. The average Bonchev–Trinajstić information content (AvgIpc) is 3.26. The monoisotopic (exact) mass is 522 g/mol. The minimum absolute atomic E-state index is 0.158. The molecule has 0 amide bonds. The lowest BCUT2D eigenvalue weighted by Gasteiger charge is -2.41. The second-order valence-corrected chi connectivity index (χ2v) is 8.97. The van der Waals surface area contributed by atoms with Crippen LogP contribution in [0.4, 0.5) is 34.9 Å². The maximum absolute atomic E-state index is 14.5. The van der Waals surface area contributed by atoms with E-state index < -0.39 is 16.9 Å². The highest BCUT2D eigenvalue weighted by Gasteiger charge is 2.35. The molecule has 13 heteroatoms. The Labute approximate surface area is 208 Å². The predicted molar refractivity (Wildman–Crippen MR) is 128 cm³/mol. The molecule has 3 aromatic rings. The van der Waals surface area contributed by atoms with Gasteiger partial charge in [-0.15, -0.1) is 11.3 Å². The molecule has 0 radical (unpaired) electrons. The summed E-state index contributed by atoms with van der Waals surface area (Å²) in [4.78, 5) is 18.8. The van der Waals surface area contributed by atoms with Gasteiger partial charge >= 0.3 is 6.18 Å². The lowest BCUT2D eigenvalue weighted by Crippen LogP contribution is -2.54. The summed E-state index contributed by atoms with van der Waals surface area (Å²) in [6.07, 6.45) is -2.92. The minimum atomic E-state index is -4.53. The van der Waals surface area contributed by atoms with Crippen molar-refractivity contribution in [2.24, 2.45) is 4.99 Å². The van der Waals surface area contributed by atoms with Crippen LogP contribution in [0.3, 0.4) is 0 Å². The van der Waals surface area contributed by atoms with E-state index in [1.165, 1.54) is 20.3 Å². The Morgan fingerprint density at radius 2 is 1.75 bits per heavy atom. The summed E-state index contributed by atoms with van der Waals surface area (Å²) in [5.41, 5.74) is 0.224. The zero-order valence-corrected chi connectivity index (χ0v) is 20.2. The third-order valence-corrected chi connectivity index (χ3v) is 6.85. The standard InChI is InChI=1S/C23H22F4N6O2S/c1-34-17-4-3-15(23(25,26)27)11-16(17)33-12-14-13-36-20(24)19(14)30-22(33)32-9-7-31(8-10-32)21-28-6-5-18(29-21)35-2/h3-6,11,13H,7-10,12H2,1-2H3. The first-order valence-electron chi connectivity index (χ1n) is 11.0. The van der Waals surface area contributed by atoms with E-state index in [-0.39, 0.29) is 23.7 Å². The third kappa shape index (κ3) is 4.50. The van der Waals surface area contributed by atoms with Gasteiger partial charge in [0.15, 0.2) is 0 Å². The van der Waals surface area contributed by atoms with E-state index in [9.17, 15) is 17.6 Å². The number of piperazine rings is 1. The number of aliphatic imine (C=N–C) groups is 1. The zero-order chi connectivity index (χ0) is 25.4. The van der Waals surface area contributed by atoms with E-state index in [0.29, 0.717) is 49.5 Å². The topological polar surface area (TPSA) is 66.3 Å². The number of methoxy groups -OCH3 is 2. The minimum Gasteiger partial charge on any atom is -0.495 e. The Hall–Kier alpha value is -3.61. The highest BCUT2D eigenvalue weighted by molar-refractivity contribution is 7.08. The van der Waals surface area contributed by atoms with Gasteiger partial charge in [-0.2, -0.15) is 22.5 Å². The van der Waals surface area contributed by atoms with E-state index in [4.69, 9.17) is 9.47 Å². The van der Waals surface area contributed by atoms with Crippen molar-refractivity contribution in [2.75, 3.05) is 50.2 Å². The zero-order valence-electron chi connectivity index (χ0n) is 19.4. The fraction of sp³-hybridized carbons (Fsp3) is 0.348. The molecule has 1 fully saturated rings. The van der Waals surface area contributed by atoms with E-state index in [2.05, 4.69) is 15.0 Å². The van der Waals surface area contributed by atoms with Crippen molar-refractivity contribution in [2.45, 2.75) is 12.7 Å². The van der Waals surface area contributed by atoms with Crippen molar-refractivity contribution in [1.82, 2.24) is 14.9 Å². The normalized spacial score (nSPS) is 16.1. The van der Waals surface area contributed by atoms with Crippen molar-refractivity contribution >= 4 is 34.6 Å². The number of rotatable bonds is 4. The molecule has 0 spiro atoms. The number of nitrogens with zero attached hydrogens (tertiary/aromatic N) is 6. The second kappa shape index (κ2) is 9.45. The van der Waals surface area contributed by atoms with Gasteiger partial charge in [-0.3, -0.25) is 0 Å². The molecule has 0 saturated carbocycles. The summed E-state index contributed by atoms with van der Waals surface area (Å²) in [6.45, 7) is 2.15. The van der Waals surface area contributed by atoms with Crippen LogP contribution >= 0.6 is 11.3 Å². The number of aromatic nitrogens is 2. The molecule has 2 aliphatic rings. The fourth-order valence-corrected chi connectivity index (χ4v) is 4.93. The number of anilines is 2. The smallest absolute Gasteiger partial charge is 0.416 e. The van der Waals surface area contributed by atoms with Crippen LogP contribution in [-0.2, 0) is 12.7 Å². The highest BCUT2D eigenvalue weighted by atomic mass is 32.1. The Morgan fingerprint density at radius 3 is 2.44 bits per heavy atom. The Morgan fingerprint density at radius 1 is 1.00 bits per heavy atom. The first-order valence-corrected chi connectivity index (χ1v) is 11.9. The Bertz CT molecular complexity index is 1290. The number of fused-ring (bicyclic) bond motifs is 1. The number of halogens is 4. The number of thiophene rings is 1. The number of hydrogen-bond donors (Lipinski definition) is 0. The van der Waals surface area contributed by atoms with Gasteiger partial charge in [0.1, 0.15) is 11.4 Å². The van der Waals surface area contributed by atoms with E-state index in [1.807, 2.05) is 9.80 Å². The van der Waals surface area contributed by atoms with Gasteiger partial charge in [0, 0.05) is 49.4 Å². The van der Waals surface area contributed by atoms with Gasteiger partial charge < -0.3 is 24.2 Å². The summed E-state index contributed by atoms with van der Waals surface area (Å²) in [7, 11) is 2.93. The molecule has 0 N–H and O–H groups in total. The van der Waals surface area contributed by atoms with Crippen molar-refractivity contribution in [3.8, 4) is 11.6 Å². The van der Waals surface area contributed by atoms with Crippen LogP contribution in [0.5, 0.6) is 11.6 Å². The van der Waals surface area contributed by atoms with Gasteiger partial charge in [0.2, 0.25) is 22.9 Å². The highest BCUT2D eigenvalue weighted by Crippen LogP contribution is 2.41. The SMILES string of the molecule is COc1ccnc(N2CCN(C3=Nc4c(csc4F)CN3c3cc(C(F)(F)F)ccc3OC)CC2)n1. The number of alkyl halides is 3. The number of hydrogen-bond acceptors (Lipinski definition) is 9. The van der Waals surface area contributed by atoms with Gasteiger partial charge in [0.25, 0.3) is 0 Å². The molecule has 36 heavy (non-hydrogen) atoms. The molecular weight excluding hydrogens is 500 g/mol. The van der Waals surface area contributed by atoms with Crippen molar-refractivity contribution in [3.63, 3.8) is 0 Å². The Kier molecular flexibility index (Phi) is 6.33. The van der Waals surface area contributed by atoms with Crippen LogP contribution in [0.25, 0.3) is 0 Å². The van der Waals surface area contributed by atoms with Crippen LogP contribution in [0.1, 0.15) is 11.1 Å². The summed E-state index contributed by atoms with van der Waals surface area (Å²) < 4.78 is 65.7. The molecular formula is C23H22F4N6O2S. The number of ether oxygens (including phenoxy) is 2. The van der Waals surface area contributed by atoms with Gasteiger partial charge in [0.05, 0.1) is 32.0 Å². The van der Waals surface area contributed by atoms with Crippen LogP contribution in [-0.4, -0.2) is 61.2 Å². The van der Waals surface area contributed by atoms with Gasteiger partial charge in [-0.25, -0.2) is 9.98 Å². The number of guanidine groups is 1. The van der Waals surface area contributed by atoms with Crippen LogP contribution < -0.4 is 19.3 Å². The first-order chi connectivity index (χ1) is 17.3. The fourth-order valence-electron chi connectivity index (χ4n) is 4.21. The molecule has 0 aliphatic carbocycles. The van der Waals surface area contributed by atoms with E-state index in [1.54, 1.807) is 22.5 Å². The summed E-state index contributed by atoms with van der Waals surface area (Å²) in [5.74, 6) is 1.59. The lowest BCUT2D eigenvalue weighted by molar-refractivity contribution is -0.137. The molecule has 5 rings (SSSR count). The first kappa shape index (κ1) is 24.1. The lowest BCUT2D eigenvalue weighted by atomic mass is 10.1. The van der Waals surface area contributed by atoms with Crippen LogP contribution in [0, 0.1) is 5.13 Å². The second-order valence-electron chi connectivity index (χ2n) is 8.14. The molecule has 0 unspecified atom stereocenters. The molecule has 1 saturated heterocycles. The number of benzene rings is 1. The summed E-state index contributed by atoms with van der Waals surface area (Å²) >= 11 is 0.918. The molecule has 0 atom stereocenters. The third-order valence-electron chi connectivity index (χ3n) is 6.05. The van der Waals surface area contributed by atoms with Crippen molar-refractivity contribution in [3.05, 3.63) is 52.1 Å². The average molecular weight is 523 g/mol. The van der Waals surface area contributed by atoms with Crippen molar-refractivity contribution < 1.29 is 27.0 Å². The molecule has 2 aromatic heterocycles. The maximum atomic E-state index is 14.5. The van der Waals surface area contributed by atoms with E-state index in [0.717, 1.165) is 23.5 Å². The summed E-state index contributed by atoms with van der Waals surface area (Å²) in [6, 6.07) is 4.97. The molecule has 1 aromatic carbocycles.